The van der Waals surface area contributed by atoms with Gasteiger partial charge in [-0.25, -0.2) is 9.78 Å². The molecule has 2 aromatic carbocycles. The Hall–Kier alpha value is -2.68. The van der Waals surface area contributed by atoms with Crippen molar-refractivity contribution in [2.45, 2.75) is 0 Å². The van der Waals surface area contributed by atoms with Crippen LogP contribution in [0.4, 0.5) is 0 Å². The topological polar surface area (TPSA) is 50.2 Å². The number of carboxylic acid groups (broad SMARTS) is 1. The van der Waals surface area contributed by atoms with Crippen molar-refractivity contribution in [2.24, 2.45) is 0 Å². The van der Waals surface area contributed by atoms with Gasteiger partial charge in [-0.05, 0) is 34.0 Å². The van der Waals surface area contributed by atoms with Crippen molar-refractivity contribution in [3.63, 3.8) is 0 Å². The highest BCUT2D eigenvalue weighted by Gasteiger charge is 2.08. The SMILES string of the molecule is O=C(O)c1cc(-c2cccc3ccccc23)ccn1. The van der Waals surface area contributed by atoms with E-state index in [9.17, 15) is 4.79 Å². The molecule has 19 heavy (non-hydrogen) atoms. The minimum absolute atomic E-state index is 0.0606. The first-order valence-electron chi connectivity index (χ1n) is 5.93. The van der Waals surface area contributed by atoms with Crippen LogP contribution in [0.2, 0.25) is 0 Å². The predicted octanol–water partition coefficient (Wildman–Crippen LogP) is 3.60. The second kappa shape index (κ2) is 4.53. The van der Waals surface area contributed by atoms with Crippen LogP contribution in [0.15, 0.2) is 60.8 Å². The van der Waals surface area contributed by atoms with E-state index < -0.39 is 5.97 Å². The van der Waals surface area contributed by atoms with Gasteiger partial charge in [0.15, 0.2) is 0 Å². The Morgan fingerprint density at radius 1 is 1.00 bits per heavy atom. The van der Waals surface area contributed by atoms with Crippen LogP contribution in [0, 0.1) is 0 Å². The van der Waals surface area contributed by atoms with Crippen molar-refractivity contribution in [3.05, 3.63) is 66.5 Å². The summed E-state index contributed by atoms with van der Waals surface area (Å²) in [6.07, 6.45) is 1.53. The Labute approximate surface area is 110 Å². The molecule has 0 atom stereocenters. The van der Waals surface area contributed by atoms with Crippen LogP contribution in [0.5, 0.6) is 0 Å². The highest BCUT2D eigenvalue weighted by molar-refractivity contribution is 5.97. The molecule has 0 unspecified atom stereocenters. The molecule has 0 bridgehead atoms. The van der Waals surface area contributed by atoms with Gasteiger partial charge >= 0.3 is 5.97 Å². The van der Waals surface area contributed by atoms with Gasteiger partial charge in [0.05, 0.1) is 0 Å². The maximum Gasteiger partial charge on any atom is 0.354 e. The second-order valence-electron chi connectivity index (χ2n) is 4.26. The first kappa shape index (κ1) is 11.4. The van der Waals surface area contributed by atoms with Gasteiger partial charge in [-0.15, -0.1) is 0 Å². The zero-order valence-corrected chi connectivity index (χ0v) is 10.1. The lowest BCUT2D eigenvalue weighted by atomic mass is 9.98. The quantitative estimate of drug-likeness (QED) is 0.754. The summed E-state index contributed by atoms with van der Waals surface area (Å²) in [6, 6.07) is 17.5. The molecular weight excluding hydrogens is 238 g/mol. The lowest BCUT2D eigenvalue weighted by molar-refractivity contribution is 0.0690. The Morgan fingerprint density at radius 2 is 1.79 bits per heavy atom. The van der Waals surface area contributed by atoms with Gasteiger partial charge in [-0.1, -0.05) is 42.5 Å². The number of hydrogen-bond donors (Lipinski definition) is 1. The number of aromatic carboxylic acids is 1. The molecule has 0 radical (unpaired) electrons. The third-order valence-corrected chi connectivity index (χ3v) is 3.08. The maximum absolute atomic E-state index is 11.0. The van der Waals surface area contributed by atoms with Crippen LogP contribution < -0.4 is 0 Å². The van der Waals surface area contributed by atoms with Crippen LogP contribution in [0.1, 0.15) is 10.5 Å². The van der Waals surface area contributed by atoms with Gasteiger partial charge in [0.2, 0.25) is 0 Å². The summed E-state index contributed by atoms with van der Waals surface area (Å²) >= 11 is 0. The number of rotatable bonds is 2. The van der Waals surface area contributed by atoms with E-state index in [-0.39, 0.29) is 5.69 Å². The average Bonchev–Trinajstić information content (AvgIpc) is 2.47. The zero-order valence-electron chi connectivity index (χ0n) is 10.1. The van der Waals surface area contributed by atoms with E-state index in [1.54, 1.807) is 6.07 Å². The summed E-state index contributed by atoms with van der Waals surface area (Å²) < 4.78 is 0. The Bertz CT molecular complexity index is 760. The van der Waals surface area contributed by atoms with Gasteiger partial charge in [-0.2, -0.15) is 0 Å². The molecule has 0 aliphatic rings. The third kappa shape index (κ3) is 2.06. The minimum Gasteiger partial charge on any atom is -0.477 e. The summed E-state index contributed by atoms with van der Waals surface area (Å²) in [7, 11) is 0. The van der Waals surface area contributed by atoms with Gasteiger partial charge in [0.1, 0.15) is 5.69 Å². The van der Waals surface area contributed by atoms with Crippen molar-refractivity contribution in [1.29, 1.82) is 0 Å². The second-order valence-corrected chi connectivity index (χ2v) is 4.26. The van der Waals surface area contributed by atoms with Crippen LogP contribution >= 0.6 is 0 Å². The molecule has 0 saturated carbocycles. The Kier molecular flexibility index (Phi) is 2.72. The molecule has 0 saturated heterocycles. The van der Waals surface area contributed by atoms with Crippen molar-refractivity contribution < 1.29 is 9.90 Å². The molecule has 3 aromatic rings. The molecule has 0 aliphatic carbocycles. The number of fused-ring (bicyclic) bond motifs is 1. The lowest BCUT2D eigenvalue weighted by Crippen LogP contribution is -1.99. The van der Waals surface area contributed by atoms with Crippen LogP contribution in [-0.4, -0.2) is 16.1 Å². The molecule has 0 spiro atoms. The average molecular weight is 249 g/mol. The van der Waals surface area contributed by atoms with Gasteiger partial charge in [0.25, 0.3) is 0 Å². The molecule has 0 fully saturated rings. The van der Waals surface area contributed by atoms with E-state index in [0.29, 0.717) is 0 Å². The number of carboxylic acids is 1. The zero-order chi connectivity index (χ0) is 13.2. The fraction of sp³-hybridized carbons (Fsp3) is 0. The monoisotopic (exact) mass is 249 g/mol. The minimum atomic E-state index is -1.01. The van der Waals surface area contributed by atoms with E-state index in [4.69, 9.17) is 5.11 Å². The Morgan fingerprint density at radius 3 is 2.63 bits per heavy atom. The van der Waals surface area contributed by atoms with Crippen LogP contribution in [0.25, 0.3) is 21.9 Å². The van der Waals surface area contributed by atoms with E-state index in [2.05, 4.69) is 4.98 Å². The predicted molar refractivity (Wildman–Crippen MR) is 74.1 cm³/mol. The fourth-order valence-corrected chi connectivity index (χ4v) is 2.19. The molecule has 0 amide bonds. The number of carbonyl (C=O) groups is 1. The van der Waals surface area contributed by atoms with E-state index in [1.807, 2.05) is 48.5 Å². The molecular formula is C16H11NO2. The molecule has 3 rings (SSSR count). The largest absolute Gasteiger partial charge is 0.477 e. The first-order chi connectivity index (χ1) is 9.25. The standard InChI is InChI=1S/C16H11NO2/c18-16(19)15-10-12(8-9-17-15)14-7-3-5-11-4-1-2-6-13(11)14/h1-10H,(H,18,19). The summed E-state index contributed by atoms with van der Waals surface area (Å²) in [4.78, 5) is 14.8. The van der Waals surface area contributed by atoms with E-state index in [1.165, 1.54) is 6.20 Å². The number of nitrogens with zero attached hydrogens (tertiary/aromatic N) is 1. The molecule has 1 N–H and O–H groups in total. The smallest absolute Gasteiger partial charge is 0.354 e. The first-order valence-corrected chi connectivity index (χ1v) is 5.93. The number of aromatic nitrogens is 1. The fourth-order valence-electron chi connectivity index (χ4n) is 2.19. The summed E-state index contributed by atoms with van der Waals surface area (Å²) in [6.45, 7) is 0. The molecule has 3 heteroatoms. The van der Waals surface area contributed by atoms with Gasteiger partial charge in [0, 0.05) is 6.20 Å². The molecule has 0 aliphatic heterocycles. The maximum atomic E-state index is 11.0. The van der Waals surface area contributed by atoms with Crippen LogP contribution in [0.3, 0.4) is 0 Å². The van der Waals surface area contributed by atoms with Crippen molar-refractivity contribution >= 4 is 16.7 Å². The number of hydrogen-bond acceptors (Lipinski definition) is 2. The summed E-state index contributed by atoms with van der Waals surface area (Å²) in [5.41, 5.74) is 1.94. The lowest BCUT2D eigenvalue weighted by Gasteiger charge is -2.07. The molecule has 92 valence electrons. The Balaban J connectivity index is 2.24. The third-order valence-electron chi connectivity index (χ3n) is 3.08. The van der Waals surface area contributed by atoms with Gasteiger partial charge in [-0.3, -0.25) is 0 Å². The summed E-state index contributed by atoms with van der Waals surface area (Å²) in [5.74, 6) is -1.01. The van der Waals surface area contributed by atoms with Crippen molar-refractivity contribution in [1.82, 2.24) is 4.98 Å². The molecule has 1 heterocycles. The van der Waals surface area contributed by atoms with E-state index in [0.717, 1.165) is 21.9 Å². The normalized spacial score (nSPS) is 10.5. The van der Waals surface area contributed by atoms with E-state index >= 15 is 0 Å². The highest BCUT2D eigenvalue weighted by Crippen LogP contribution is 2.28. The summed E-state index contributed by atoms with van der Waals surface area (Å²) in [5, 5.41) is 11.2. The van der Waals surface area contributed by atoms with Crippen LogP contribution in [-0.2, 0) is 0 Å². The van der Waals surface area contributed by atoms with Crippen molar-refractivity contribution in [2.75, 3.05) is 0 Å². The molecule has 1 aromatic heterocycles. The number of pyridine rings is 1. The van der Waals surface area contributed by atoms with Crippen molar-refractivity contribution in [3.8, 4) is 11.1 Å². The molecule has 3 nitrogen and oxygen atoms in total. The highest BCUT2D eigenvalue weighted by atomic mass is 16.4. The number of benzene rings is 2. The van der Waals surface area contributed by atoms with Gasteiger partial charge < -0.3 is 5.11 Å².